The molecule has 0 atom stereocenters. The van der Waals surface area contributed by atoms with E-state index in [-0.39, 0.29) is 55.3 Å². The Bertz CT molecular complexity index is 3630. The third kappa shape index (κ3) is 14.1. The van der Waals surface area contributed by atoms with Crippen molar-refractivity contribution in [2.75, 3.05) is 12.8 Å². The second-order valence-corrected chi connectivity index (χ2v) is 24.4. The first-order valence-corrected chi connectivity index (χ1v) is 31.1. The Morgan fingerprint density at radius 1 is 0.383 bits per heavy atom. The van der Waals surface area contributed by atoms with Crippen molar-refractivity contribution in [1.82, 2.24) is 19.9 Å². The quantitative estimate of drug-likeness (QED) is 0.0207. The van der Waals surface area contributed by atoms with Gasteiger partial charge in [0.2, 0.25) is 11.6 Å². The van der Waals surface area contributed by atoms with Gasteiger partial charge in [-0.3, -0.25) is 4.57 Å². The number of ether oxygens (including phenoxy) is 1. The molecule has 8 nitrogen and oxygen atoms in total. The van der Waals surface area contributed by atoms with E-state index in [1.54, 1.807) is 91.0 Å². The van der Waals surface area contributed by atoms with Gasteiger partial charge in [0.05, 0.1) is 65.1 Å². The van der Waals surface area contributed by atoms with Crippen LogP contribution in [0, 0.1) is 23.3 Å². The van der Waals surface area contributed by atoms with E-state index in [0.29, 0.717) is 90.6 Å². The van der Waals surface area contributed by atoms with Gasteiger partial charge in [-0.05, 0) is 97.8 Å². The molecule has 0 spiro atoms. The summed E-state index contributed by atoms with van der Waals surface area (Å²) >= 11 is 41.7. The van der Waals surface area contributed by atoms with Crippen LogP contribution in [0.25, 0.3) is 90.9 Å². The van der Waals surface area contributed by atoms with Gasteiger partial charge in [0, 0.05) is 67.2 Å². The van der Waals surface area contributed by atoms with Gasteiger partial charge >= 0.3 is 7.60 Å². The van der Waals surface area contributed by atoms with Crippen molar-refractivity contribution in [3.63, 3.8) is 0 Å². The average Bonchev–Trinajstić information content (AvgIpc) is 3.94. The van der Waals surface area contributed by atoms with Crippen LogP contribution in [0.5, 0.6) is 5.75 Å². The maximum atomic E-state index is 17.0. The number of H-pyrrole nitrogens is 2. The SMILES string of the molecule is O=P(O)(O)CCCCCCCCCCCCCCCCCCOc1c(F)c(F)c(-c2c3nc(c(-c4c(Cl)cccc4Cl)c4ccc([nH]4)c(-c4c(Cl)cccc4Cl)c4nc(c(-c5c(Cl)cccc5Cl)c5ccc2[nH]5)C=C4)C=C3)c(F)c1F. The zero-order valence-corrected chi connectivity index (χ0v) is 49.3. The maximum absolute atomic E-state index is 17.0. The summed E-state index contributed by atoms with van der Waals surface area (Å²) in [6.07, 6.45) is 22.1. The van der Waals surface area contributed by atoms with E-state index >= 15 is 17.6 Å². The summed E-state index contributed by atoms with van der Waals surface area (Å²) in [6.45, 7) is -0.168. The minimum Gasteiger partial charge on any atom is -0.487 e. The van der Waals surface area contributed by atoms with Crippen molar-refractivity contribution < 1.29 is 36.7 Å². The second kappa shape index (κ2) is 27.5. The predicted octanol–water partition coefficient (Wildman–Crippen LogP) is 21.6. The molecule has 3 aromatic heterocycles. The molecule has 8 bridgehead atoms. The van der Waals surface area contributed by atoms with Crippen molar-refractivity contribution in [2.45, 2.75) is 103 Å². The molecule has 424 valence electrons. The van der Waals surface area contributed by atoms with Crippen LogP contribution in [0.3, 0.4) is 0 Å². The number of hydrogen-bond donors (Lipinski definition) is 4. The van der Waals surface area contributed by atoms with Gasteiger partial charge < -0.3 is 24.5 Å². The molecule has 0 saturated heterocycles. The molecular formula is C62H57Cl6F4N4O4P. The lowest BCUT2D eigenvalue weighted by Crippen LogP contribution is -2.08. The Morgan fingerprint density at radius 2 is 0.654 bits per heavy atom. The van der Waals surface area contributed by atoms with Gasteiger partial charge in [0.15, 0.2) is 17.4 Å². The number of rotatable bonds is 24. The van der Waals surface area contributed by atoms with E-state index in [2.05, 4.69) is 9.97 Å². The number of halogens is 10. The number of fused-ring (bicyclic) bond motifs is 8. The fourth-order valence-corrected chi connectivity index (χ4v) is 12.9. The van der Waals surface area contributed by atoms with Gasteiger partial charge in [0.25, 0.3) is 0 Å². The van der Waals surface area contributed by atoms with E-state index in [0.717, 1.165) is 64.2 Å². The first-order valence-electron chi connectivity index (χ1n) is 27.1. The highest BCUT2D eigenvalue weighted by Crippen LogP contribution is 2.47. The molecule has 2 aliphatic heterocycles. The number of unbranched alkanes of at least 4 members (excludes halogenated alkanes) is 15. The Morgan fingerprint density at radius 3 is 0.951 bits per heavy atom. The van der Waals surface area contributed by atoms with Crippen LogP contribution in [-0.4, -0.2) is 42.5 Å². The lowest BCUT2D eigenvalue weighted by Gasteiger charge is -2.14. The smallest absolute Gasteiger partial charge is 0.325 e. The molecule has 0 radical (unpaired) electrons. The number of nitrogens with zero attached hydrogens (tertiary/aromatic N) is 2. The van der Waals surface area contributed by atoms with E-state index < -0.39 is 42.2 Å². The monoisotopic (exact) mass is 1240 g/mol. The van der Waals surface area contributed by atoms with Crippen LogP contribution in [0.1, 0.15) is 126 Å². The van der Waals surface area contributed by atoms with E-state index in [1.165, 1.54) is 31.4 Å². The minimum atomic E-state index is -3.89. The molecule has 0 saturated carbocycles. The van der Waals surface area contributed by atoms with E-state index in [4.69, 9.17) is 94.1 Å². The van der Waals surface area contributed by atoms with Crippen molar-refractivity contribution in [1.29, 1.82) is 0 Å². The molecule has 2 aliphatic rings. The number of hydrogen-bond acceptors (Lipinski definition) is 4. The van der Waals surface area contributed by atoms with Crippen LogP contribution in [0.2, 0.25) is 30.1 Å². The molecule has 5 heterocycles. The highest BCUT2D eigenvalue weighted by molar-refractivity contribution is 7.51. The highest BCUT2D eigenvalue weighted by Gasteiger charge is 2.31. The van der Waals surface area contributed by atoms with Crippen LogP contribution in [0.4, 0.5) is 17.6 Å². The molecule has 4 aromatic carbocycles. The second-order valence-electron chi connectivity index (χ2n) is 20.1. The number of aromatic amines is 2. The average molecular weight is 1240 g/mol. The fourth-order valence-electron chi connectivity index (χ4n) is 10.5. The van der Waals surface area contributed by atoms with E-state index in [1.807, 2.05) is 0 Å². The number of nitrogens with one attached hydrogen (secondary N) is 2. The minimum absolute atomic E-state index is 0.00807. The Kier molecular flexibility index (Phi) is 20.5. The number of benzene rings is 4. The topological polar surface area (TPSA) is 124 Å². The van der Waals surface area contributed by atoms with Crippen molar-refractivity contribution in [2.24, 2.45) is 0 Å². The molecule has 7 aromatic rings. The first-order chi connectivity index (χ1) is 39.0. The van der Waals surface area contributed by atoms with Crippen LogP contribution < -0.4 is 4.74 Å². The van der Waals surface area contributed by atoms with Crippen LogP contribution >= 0.6 is 77.2 Å². The summed E-state index contributed by atoms with van der Waals surface area (Å²) in [7, 11) is -3.89. The maximum Gasteiger partial charge on any atom is 0.325 e. The highest BCUT2D eigenvalue weighted by atomic mass is 35.5. The Labute approximate surface area is 497 Å². The third-order valence-corrected chi connectivity index (χ3v) is 17.2. The Hall–Kier alpha value is -5.11. The predicted molar refractivity (Wildman–Crippen MR) is 327 cm³/mol. The van der Waals surface area contributed by atoms with Gasteiger partial charge in [-0.2, -0.15) is 8.78 Å². The van der Waals surface area contributed by atoms with Crippen molar-refractivity contribution in [3.8, 4) is 50.3 Å². The summed E-state index contributed by atoms with van der Waals surface area (Å²) in [4.78, 5) is 34.8. The lowest BCUT2D eigenvalue weighted by atomic mass is 10.0. The summed E-state index contributed by atoms with van der Waals surface area (Å²) < 4.78 is 83.5. The summed E-state index contributed by atoms with van der Waals surface area (Å²) in [5.74, 6) is -7.97. The largest absolute Gasteiger partial charge is 0.487 e. The molecule has 19 heteroatoms. The molecule has 0 fully saturated rings. The molecular weight excluding hydrogens is 1180 g/mol. The van der Waals surface area contributed by atoms with Gasteiger partial charge in [0.1, 0.15) is 0 Å². The standard InChI is InChI=1S/C62H57Cl6F4N4O4P/c63-36-20-17-21-37(64)50(36)53-42-26-28-44(73-42)54(51-38(65)22-18-23-39(51)66)46-30-32-48(75-46)56(49-33-31-47(76-49)55(45-29-27-43(53)74-45)52-40(67)24-19-25-41(52)68)57-58(69)60(71)62(61(72)59(57)70)80-34-15-13-11-9-7-5-3-1-2-4-6-8-10-12-14-16-35-81(77,78)79/h17-33,73,76H,1-16,34-35H2,(H2,77,78,79). The summed E-state index contributed by atoms with van der Waals surface area (Å²) in [5, 5.41) is 1.68. The van der Waals surface area contributed by atoms with Crippen molar-refractivity contribution in [3.05, 3.63) is 155 Å². The Balaban J connectivity index is 1.04. The molecule has 0 unspecified atom stereocenters. The first kappa shape index (κ1) is 60.5. The molecule has 0 amide bonds. The van der Waals surface area contributed by atoms with E-state index in [9.17, 15) is 4.57 Å². The zero-order valence-electron chi connectivity index (χ0n) is 43.9. The normalized spacial score (nSPS) is 12.3. The molecule has 0 aliphatic carbocycles. The zero-order chi connectivity index (χ0) is 57.4. The lowest BCUT2D eigenvalue weighted by molar-refractivity contribution is 0.264. The summed E-state index contributed by atoms with van der Waals surface area (Å²) in [5.41, 5.74) is 3.30. The summed E-state index contributed by atoms with van der Waals surface area (Å²) in [6, 6.07) is 21.8. The van der Waals surface area contributed by atoms with Crippen molar-refractivity contribution >= 4 is 124 Å². The van der Waals surface area contributed by atoms with Crippen LogP contribution in [-0.2, 0) is 4.57 Å². The van der Waals surface area contributed by atoms with Crippen LogP contribution in [0.15, 0.2) is 78.9 Å². The third-order valence-electron chi connectivity index (χ3n) is 14.5. The van der Waals surface area contributed by atoms with Gasteiger partial charge in [-0.15, -0.1) is 0 Å². The fraction of sp³-hybridized carbons (Fsp3) is 0.290. The molecule has 9 rings (SSSR count). The van der Waals surface area contributed by atoms with Gasteiger partial charge in [-0.25, -0.2) is 18.7 Å². The van der Waals surface area contributed by atoms with Gasteiger partial charge in [-0.1, -0.05) is 178 Å². The molecule has 81 heavy (non-hydrogen) atoms. The molecule has 4 N–H and O–H groups in total. The number of aromatic nitrogens is 4.